The molecule has 7 N–H and O–H groups in total. The summed E-state index contributed by atoms with van der Waals surface area (Å²) in [5.41, 5.74) is 0. The fraction of sp³-hybridized carbons (Fsp3) is 0.500. The van der Waals surface area contributed by atoms with Crippen molar-refractivity contribution in [1.82, 2.24) is 0 Å². The van der Waals surface area contributed by atoms with E-state index < -0.39 is 5.97 Å². The van der Waals surface area contributed by atoms with Crippen molar-refractivity contribution in [3.63, 3.8) is 0 Å². The Labute approximate surface area is 50.5 Å². The van der Waals surface area contributed by atoms with E-state index in [2.05, 4.69) is 0 Å². The Morgan fingerprint density at radius 3 is 1.25 bits per heavy atom. The average molecular weight is 125 g/mol. The second kappa shape index (κ2) is 31.3. The van der Waals surface area contributed by atoms with Gasteiger partial charge >= 0.3 is 10.1 Å². The van der Waals surface area contributed by atoms with Crippen LogP contribution < -0.4 is 0 Å². The van der Waals surface area contributed by atoms with Gasteiger partial charge in [-0.3, -0.25) is 4.79 Å². The molecule has 0 aromatic carbocycles. The van der Waals surface area contributed by atoms with Crippen LogP contribution in [0.4, 0.5) is 0 Å². The van der Waals surface area contributed by atoms with E-state index >= 15 is 0 Å². The van der Waals surface area contributed by atoms with Gasteiger partial charge in [0, 0.05) is 6.92 Å². The van der Waals surface area contributed by atoms with Crippen molar-refractivity contribution in [2.45, 2.75) is 6.92 Å². The molecule has 0 radical (unpaired) electrons. The summed E-state index contributed by atoms with van der Waals surface area (Å²) in [5, 5.41) is 7.42. The minimum atomic E-state index is -0.833. The van der Waals surface area contributed by atoms with Crippen LogP contribution in [0.5, 0.6) is 0 Å². The number of hydrogen-bond acceptors (Lipinski definition) is 1. The van der Waals surface area contributed by atoms with Gasteiger partial charge in [0.2, 0.25) is 0 Å². The summed E-state index contributed by atoms with van der Waals surface area (Å²) in [6.07, 6.45) is 0. The van der Waals surface area contributed by atoms with Crippen LogP contribution in [-0.2, 0) is 4.79 Å². The van der Waals surface area contributed by atoms with Gasteiger partial charge in [-0.05, 0) is 0 Å². The SMILES string of the molecule is CC(=O)O.O.O.O.[BeH2]. The van der Waals surface area contributed by atoms with Gasteiger partial charge in [-0.15, -0.1) is 0 Å². The Morgan fingerprint density at radius 2 is 1.25 bits per heavy atom. The summed E-state index contributed by atoms with van der Waals surface area (Å²) >= 11 is 0. The Morgan fingerprint density at radius 1 is 1.25 bits per heavy atom. The molecule has 0 saturated carbocycles. The number of carboxylic acid groups (broad SMARTS) is 1. The molecule has 0 atom stereocenters. The zero-order chi connectivity index (χ0) is 3.58. The summed E-state index contributed by atoms with van der Waals surface area (Å²) < 4.78 is 0. The molecule has 0 bridgehead atoms. The first-order valence-corrected chi connectivity index (χ1v) is 0.928. The third kappa shape index (κ3) is 487. The van der Waals surface area contributed by atoms with Crippen LogP contribution in [-0.4, -0.2) is 37.6 Å². The predicted octanol–water partition coefficient (Wildman–Crippen LogP) is -3.30. The topological polar surface area (TPSA) is 132 Å². The van der Waals surface area contributed by atoms with Crippen molar-refractivity contribution in [3.8, 4) is 0 Å². The molecule has 0 fully saturated rings. The summed E-state index contributed by atoms with van der Waals surface area (Å²) in [6.45, 7) is 1.08. The number of carbonyl (C=O) groups is 1. The molecule has 0 unspecified atom stereocenters. The molecule has 0 aliphatic rings. The molecule has 0 heterocycles. The molecule has 0 spiro atoms. The van der Waals surface area contributed by atoms with Crippen molar-refractivity contribution in [1.29, 1.82) is 0 Å². The van der Waals surface area contributed by atoms with Gasteiger partial charge in [-0.2, -0.15) is 0 Å². The van der Waals surface area contributed by atoms with E-state index in [4.69, 9.17) is 9.90 Å². The average Bonchev–Trinajstić information content (AvgIpc) is 0.811. The van der Waals surface area contributed by atoms with E-state index in [-0.39, 0.29) is 26.5 Å². The molecule has 5 nitrogen and oxygen atoms in total. The number of hydrogen-bond donors (Lipinski definition) is 1. The van der Waals surface area contributed by atoms with E-state index in [9.17, 15) is 0 Å². The Balaban J connectivity index is -0.00000000750. The maximum atomic E-state index is 9.00. The second-order valence-corrected chi connectivity index (χ2v) is 0.519. The van der Waals surface area contributed by atoms with Gasteiger partial charge in [0.15, 0.2) is 0 Å². The molecule has 0 aromatic rings. The first-order valence-electron chi connectivity index (χ1n) is 0.928. The third-order valence-corrected chi connectivity index (χ3v) is 0. The van der Waals surface area contributed by atoms with E-state index in [0.29, 0.717) is 0 Å². The van der Waals surface area contributed by atoms with Crippen molar-refractivity contribution in [2.24, 2.45) is 0 Å². The van der Waals surface area contributed by atoms with Crippen LogP contribution in [0.3, 0.4) is 0 Å². The predicted molar refractivity (Wildman–Crippen MR) is 32.7 cm³/mol. The van der Waals surface area contributed by atoms with Crippen molar-refractivity contribution < 1.29 is 26.3 Å². The van der Waals surface area contributed by atoms with E-state index in [0.717, 1.165) is 6.92 Å². The summed E-state index contributed by atoms with van der Waals surface area (Å²) in [5.74, 6) is -0.833. The summed E-state index contributed by atoms with van der Waals surface area (Å²) in [4.78, 5) is 9.00. The fourth-order valence-electron chi connectivity index (χ4n) is 0. The monoisotopic (exact) mass is 125 g/mol. The van der Waals surface area contributed by atoms with Gasteiger partial charge < -0.3 is 21.5 Å². The van der Waals surface area contributed by atoms with Crippen LogP contribution in [0.15, 0.2) is 0 Å². The third-order valence-electron chi connectivity index (χ3n) is 0. The van der Waals surface area contributed by atoms with Gasteiger partial charge in [0.25, 0.3) is 5.97 Å². The molecule has 0 aliphatic carbocycles. The maximum absolute atomic E-state index is 9.00. The van der Waals surface area contributed by atoms with Gasteiger partial charge in [-0.1, -0.05) is 0 Å². The van der Waals surface area contributed by atoms with Crippen molar-refractivity contribution >= 4 is 16.1 Å². The first kappa shape index (κ1) is 50.4. The van der Waals surface area contributed by atoms with Gasteiger partial charge in [0.05, 0.1) is 0 Å². The Hall–Kier alpha value is -0.481. The molecular formula is C2H12BeO5. The van der Waals surface area contributed by atoms with Crippen molar-refractivity contribution in [3.05, 3.63) is 0 Å². The Bertz CT molecular complexity index is 33.4. The van der Waals surface area contributed by atoms with Crippen LogP contribution >= 0.6 is 0 Å². The Kier molecular flexibility index (Phi) is 197. The summed E-state index contributed by atoms with van der Waals surface area (Å²) in [7, 11) is 0. The van der Waals surface area contributed by atoms with Crippen LogP contribution in [0.25, 0.3) is 0 Å². The molecule has 8 heavy (non-hydrogen) atoms. The molecule has 0 saturated heterocycles. The normalized spacial score (nSPS) is 3.12. The van der Waals surface area contributed by atoms with E-state index in [1.165, 1.54) is 0 Å². The zero-order valence-corrected chi connectivity index (χ0v) is 3.86. The number of rotatable bonds is 0. The molecule has 0 aliphatic heterocycles. The van der Waals surface area contributed by atoms with Gasteiger partial charge in [0.1, 0.15) is 0 Å². The molecule has 0 amide bonds. The first-order chi connectivity index (χ1) is 1.73. The fourth-order valence-corrected chi connectivity index (χ4v) is 0. The van der Waals surface area contributed by atoms with E-state index in [1.54, 1.807) is 0 Å². The molecule has 0 rings (SSSR count). The number of carboxylic acids is 1. The van der Waals surface area contributed by atoms with Gasteiger partial charge in [-0.25, -0.2) is 0 Å². The summed E-state index contributed by atoms with van der Waals surface area (Å²) in [6, 6.07) is 0. The zero-order valence-electron chi connectivity index (χ0n) is 3.86. The molecule has 6 heteroatoms. The van der Waals surface area contributed by atoms with E-state index in [1.807, 2.05) is 0 Å². The van der Waals surface area contributed by atoms with Crippen molar-refractivity contribution in [2.75, 3.05) is 0 Å². The standard InChI is InChI=1S/C2H4O2.Be.3H2O.2H/c1-2(3)4;;;;;;/h1H3,(H,3,4);;3*1H2;;. The van der Waals surface area contributed by atoms with Crippen LogP contribution in [0.2, 0.25) is 0 Å². The number of aliphatic carboxylic acids is 1. The molecule has 0 aromatic heterocycles. The van der Waals surface area contributed by atoms with Crippen LogP contribution in [0, 0.1) is 0 Å². The quantitative estimate of drug-likeness (QED) is 0.340. The second-order valence-electron chi connectivity index (χ2n) is 0.519. The van der Waals surface area contributed by atoms with Crippen LogP contribution in [0.1, 0.15) is 6.92 Å². The minimum absolute atomic E-state index is 0. The molecule has 52 valence electrons. The molecular weight excluding hydrogens is 113 g/mol.